The maximum absolute atomic E-state index is 13.0. The number of ether oxygens (including phenoxy) is 1. The van der Waals surface area contributed by atoms with Gasteiger partial charge in [-0.3, -0.25) is 9.48 Å². The molecule has 0 radical (unpaired) electrons. The summed E-state index contributed by atoms with van der Waals surface area (Å²) in [4.78, 5) is 18.9. The van der Waals surface area contributed by atoms with E-state index in [4.69, 9.17) is 17.0 Å². The zero-order valence-corrected chi connectivity index (χ0v) is 19.0. The van der Waals surface area contributed by atoms with E-state index in [0.29, 0.717) is 22.2 Å². The minimum atomic E-state index is -0.207. The molecule has 0 atom stereocenters. The van der Waals surface area contributed by atoms with Crippen molar-refractivity contribution in [1.29, 1.82) is 0 Å². The Bertz CT molecular complexity index is 1170. The molecule has 7 nitrogen and oxygen atoms in total. The second-order valence-electron chi connectivity index (χ2n) is 6.93. The molecule has 0 spiro atoms. The van der Waals surface area contributed by atoms with Gasteiger partial charge in [-0.25, -0.2) is 9.88 Å². The van der Waals surface area contributed by atoms with Crippen LogP contribution in [0.5, 0.6) is 5.75 Å². The highest BCUT2D eigenvalue weighted by Gasteiger charge is 2.33. The SMILES string of the molecule is COc1ccc(/C=C2/NC(=S)N(c3cn(C)nc3C)C2=O)cc1CSc1ccccn1. The number of hydrogen-bond donors (Lipinski definition) is 1. The van der Waals surface area contributed by atoms with Gasteiger partial charge in [0.1, 0.15) is 11.4 Å². The number of benzene rings is 1. The third-order valence-electron chi connectivity index (χ3n) is 4.74. The highest BCUT2D eigenvalue weighted by atomic mass is 32.2. The molecule has 158 valence electrons. The van der Waals surface area contributed by atoms with Gasteiger partial charge in [0.05, 0.1) is 23.5 Å². The molecular weight excluding hydrogens is 430 g/mol. The summed E-state index contributed by atoms with van der Waals surface area (Å²) in [5, 5.41) is 8.61. The quantitative estimate of drug-likeness (QED) is 0.348. The van der Waals surface area contributed by atoms with E-state index >= 15 is 0 Å². The number of nitrogens with one attached hydrogen (secondary N) is 1. The third kappa shape index (κ3) is 4.47. The monoisotopic (exact) mass is 451 g/mol. The minimum absolute atomic E-state index is 0.207. The van der Waals surface area contributed by atoms with Crippen LogP contribution >= 0.6 is 24.0 Å². The molecule has 2 aromatic heterocycles. The number of anilines is 1. The molecule has 0 saturated carbocycles. The van der Waals surface area contributed by atoms with Crippen LogP contribution in [0, 0.1) is 6.92 Å². The number of aryl methyl sites for hydroxylation is 2. The molecular formula is C22H21N5O2S2. The number of methoxy groups -OCH3 is 1. The lowest BCUT2D eigenvalue weighted by molar-refractivity contribution is -0.113. The number of pyridine rings is 1. The van der Waals surface area contributed by atoms with Crippen LogP contribution in [0.2, 0.25) is 0 Å². The summed E-state index contributed by atoms with van der Waals surface area (Å²) in [6, 6.07) is 11.7. The van der Waals surface area contributed by atoms with Gasteiger partial charge in [-0.2, -0.15) is 5.10 Å². The maximum atomic E-state index is 13.0. The normalized spacial score (nSPS) is 14.9. The van der Waals surface area contributed by atoms with Crippen molar-refractivity contribution in [2.75, 3.05) is 12.0 Å². The van der Waals surface area contributed by atoms with E-state index < -0.39 is 0 Å². The number of aromatic nitrogens is 3. The number of nitrogens with zero attached hydrogens (tertiary/aromatic N) is 4. The van der Waals surface area contributed by atoms with Gasteiger partial charge in [0.2, 0.25) is 0 Å². The largest absolute Gasteiger partial charge is 0.496 e. The minimum Gasteiger partial charge on any atom is -0.496 e. The topological polar surface area (TPSA) is 72.3 Å². The van der Waals surface area contributed by atoms with Gasteiger partial charge < -0.3 is 10.1 Å². The Kier molecular flexibility index (Phi) is 6.06. The molecule has 9 heteroatoms. The molecule has 0 aliphatic carbocycles. The van der Waals surface area contributed by atoms with E-state index in [2.05, 4.69) is 15.4 Å². The molecule has 1 aromatic carbocycles. The molecule has 31 heavy (non-hydrogen) atoms. The Labute approximate surface area is 190 Å². The van der Waals surface area contributed by atoms with Crippen LogP contribution in [0.15, 0.2) is 59.5 Å². The fourth-order valence-corrected chi connectivity index (χ4v) is 4.44. The van der Waals surface area contributed by atoms with E-state index in [1.54, 1.807) is 42.0 Å². The molecule has 0 bridgehead atoms. The van der Waals surface area contributed by atoms with Crippen LogP contribution in [0.3, 0.4) is 0 Å². The summed E-state index contributed by atoms with van der Waals surface area (Å²) in [5.74, 6) is 1.28. The molecule has 1 saturated heterocycles. The predicted molar refractivity (Wildman–Crippen MR) is 126 cm³/mol. The molecule has 3 heterocycles. The van der Waals surface area contributed by atoms with Crippen LogP contribution in [-0.4, -0.2) is 32.9 Å². The number of thioether (sulfide) groups is 1. The van der Waals surface area contributed by atoms with Gasteiger partial charge in [-0.15, -0.1) is 11.8 Å². The van der Waals surface area contributed by atoms with Gasteiger partial charge in [-0.05, 0) is 55.0 Å². The molecule has 1 N–H and O–H groups in total. The standard InChI is InChI=1S/C22H21N5O2S2/c1-14-18(12-26(2)25-14)27-21(28)17(24-22(27)30)11-15-7-8-19(29-3)16(10-15)13-31-20-6-4-5-9-23-20/h4-12H,13H2,1-3H3,(H,24,30)/b17-11+. The van der Waals surface area contributed by atoms with E-state index in [-0.39, 0.29) is 5.91 Å². The van der Waals surface area contributed by atoms with Gasteiger partial charge in [0.25, 0.3) is 5.91 Å². The van der Waals surface area contributed by atoms with Gasteiger partial charge in [-0.1, -0.05) is 12.1 Å². The van der Waals surface area contributed by atoms with Crippen molar-refractivity contribution in [2.24, 2.45) is 7.05 Å². The highest BCUT2D eigenvalue weighted by Crippen LogP contribution is 2.29. The lowest BCUT2D eigenvalue weighted by Gasteiger charge is -2.12. The van der Waals surface area contributed by atoms with Gasteiger partial charge in [0, 0.05) is 30.8 Å². The van der Waals surface area contributed by atoms with Crippen molar-refractivity contribution >= 4 is 46.8 Å². The first-order chi connectivity index (χ1) is 15.0. The van der Waals surface area contributed by atoms with Crippen molar-refractivity contribution in [1.82, 2.24) is 20.1 Å². The summed E-state index contributed by atoms with van der Waals surface area (Å²) in [6.07, 6.45) is 5.36. The number of carbonyl (C=O) groups is 1. The average Bonchev–Trinajstić information content (AvgIpc) is 3.23. The Morgan fingerprint density at radius 3 is 2.81 bits per heavy atom. The number of thiocarbonyl (C=S) groups is 1. The smallest absolute Gasteiger partial charge is 0.281 e. The first-order valence-corrected chi connectivity index (χ1v) is 10.9. The average molecular weight is 452 g/mol. The van der Waals surface area contributed by atoms with Crippen LogP contribution in [0.25, 0.3) is 6.08 Å². The second-order valence-corrected chi connectivity index (χ2v) is 8.31. The van der Waals surface area contributed by atoms with Crippen LogP contribution in [0.4, 0.5) is 5.69 Å². The zero-order chi connectivity index (χ0) is 22.0. The lowest BCUT2D eigenvalue weighted by Crippen LogP contribution is -2.30. The third-order valence-corrected chi connectivity index (χ3v) is 6.01. The summed E-state index contributed by atoms with van der Waals surface area (Å²) in [5.41, 5.74) is 3.72. The van der Waals surface area contributed by atoms with E-state index in [1.165, 1.54) is 4.90 Å². The van der Waals surface area contributed by atoms with Crippen molar-refractivity contribution < 1.29 is 9.53 Å². The Morgan fingerprint density at radius 2 is 2.13 bits per heavy atom. The van der Waals surface area contributed by atoms with E-state index in [0.717, 1.165) is 27.6 Å². The first-order valence-electron chi connectivity index (χ1n) is 9.54. The van der Waals surface area contributed by atoms with Crippen LogP contribution in [0.1, 0.15) is 16.8 Å². The summed E-state index contributed by atoms with van der Waals surface area (Å²) >= 11 is 7.03. The van der Waals surface area contributed by atoms with Crippen LogP contribution < -0.4 is 15.0 Å². The van der Waals surface area contributed by atoms with E-state index in [9.17, 15) is 4.79 Å². The van der Waals surface area contributed by atoms with Gasteiger partial charge in [0.15, 0.2) is 5.11 Å². The summed E-state index contributed by atoms with van der Waals surface area (Å²) in [6.45, 7) is 1.85. The number of hydrogen-bond acceptors (Lipinski definition) is 6. The number of rotatable bonds is 6. The van der Waals surface area contributed by atoms with Crippen molar-refractivity contribution in [3.8, 4) is 5.75 Å². The van der Waals surface area contributed by atoms with Gasteiger partial charge >= 0.3 is 0 Å². The molecule has 1 aliphatic heterocycles. The highest BCUT2D eigenvalue weighted by molar-refractivity contribution is 7.98. The molecule has 1 aliphatic rings. The Morgan fingerprint density at radius 1 is 1.29 bits per heavy atom. The van der Waals surface area contributed by atoms with E-state index in [1.807, 2.05) is 50.4 Å². The Balaban J connectivity index is 1.59. The zero-order valence-electron chi connectivity index (χ0n) is 17.3. The van der Waals surface area contributed by atoms with Crippen molar-refractivity contribution in [3.63, 3.8) is 0 Å². The fourth-order valence-electron chi connectivity index (χ4n) is 3.31. The molecule has 1 amide bonds. The molecule has 3 aromatic rings. The number of amides is 1. The predicted octanol–water partition coefficient (Wildman–Crippen LogP) is 3.69. The molecule has 4 rings (SSSR count). The number of carbonyl (C=O) groups excluding carboxylic acids is 1. The first kappa shape index (κ1) is 21.1. The summed E-state index contributed by atoms with van der Waals surface area (Å²) < 4.78 is 7.18. The second kappa shape index (κ2) is 8.91. The van der Waals surface area contributed by atoms with Crippen LogP contribution in [-0.2, 0) is 17.6 Å². The Hall–Kier alpha value is -3.17. The molecule has 1 fully saturated rings. The summed E-state index contributed by atoms with van der Waals surface area (Å²) in [7, 11) is 3.46. The molecule has 0 unspecified atom stereocenters. The van der Waals surface area contributed by atoms with Crippen molar-refractivity contribution in [2.45, 2.75) is 17.7 Å². The maximum Gasteiger partial charge on any atom is 0.281 e. The van der Waals surface area contributed by atoms with Crippen molar-refractivity contribution in [3.05, 3.63) is 71.3 Å². The lowest BCUT2D eigenvalue weighted by atomic mass is 10.1. The fraction of sp³-hybridized carbons (Fsp3) is 0.182.